The van der Waals surface area contributed by atoms with Crippen molar-refractivity contribution in [3.05, 3.63) is 94.5 Å². The number of alkyl carbamates (subject to hydrolysis) is 1. The number of carbonyl (C=O) groups excluding carboxylic acids is 1. The Morgan fingerprint density at radius 3 is 2.18 bits per heavy atom. The van der Waals surface area contributed by atoms with Gasteiger partial charge in [-0.05, 0) is 46.5 Å². The maximum atomic E-state index is 12.1. The predicted octanol–water partition coefficient (Wildman–Crippen LogP) is 5.23. The number of nitrogens with one attached hydrogen (secondary N) is 1. The molecule has 1 amide bonds. The van der Waals surface area contributed by atoms with Gasteiger partial charge in [0.2, 0.25) is 0 Å². The molecule has 0 aliphatic heterocycles. The Balaban J connectivity index is 1.35. The summed E-state index contributed by atoms with van der Waals surface area (Å²) in [5, 5.41) is 3.34. The van der Waals surface area contributed by atoms with Crippen LogP contribution in [0, 0.1) is 11.8 Å². The molecule has 3 aromatic carbocycles. The SMILES string of the molecule is O=C(NCC#Cc1ccc(Cl)cc1)OCC1c2ccccc2-c2ccccc21. The van der Waals surface area contributed by atoms with Crippen LogP contribution in [0.5, 0.6) is 0 Å². The molecule has 0 radical (unpaired) electrons. The van der Waals surface area contributed by atoms with Gasteiger partial charge in [-0.2, -0.15) is 0 Å². The summed E-state index contributed by atoms with van der Waals surface area (Å²) >= 11 is 5.84. The Bertz CT molecular complexity index is 1020. The van der Waals surface area contributed by atoms with E-state index in [0.717, 1.165) is 5.56 Å². The Morgan fingerprint density at radius 1 is 0.929 bits per heavy atom. The van der Waals surface area contributed by atoms with Crippen LogP contribution in [-0.2, 0) is 4.74 Å². The summed E-state index contributed by atoms with van der Waals surface area (Å²) in [6, 6.07) is 23.8. The van der Waals surface area contributed by atoms with Gasteiger partial charge < -0.3 is 10.1 Å². The molecule has 0 heterocycles. The first kappa shape index (κ1) is 18.2. The number of hydrogen-bond acceptors (Lipinski definition) is 2. The van der Waals surface area contributed by atoms with Gasteiger partial charge in [-0.3, -0.25) is 0 Å². The molecule has 4 rings (SSSR count). The lowest BCUT2D eigenvalue weighted by atomic mass is 9.98. The van der Waals surface area contributed by atoms with Crippen LogP contribution in [0.3, 0.4) is 0 Å². The minimum Gasteiger partial charge on any atom is -0.449 e. The van der Waals surface area contributed by atoms with Crippen molar-refractivity contribution in [2.24, 2.45) is 0 Å². The lowest BCUT2D eigenvalue weighted by molar-refractivity contribution is 0.144. The molecule has 1 aliphatic carbocycles. The van der Waals surface area contributed by atoms with Crippen LogP contribution >= 0.6 is 11.6 Å². The Morgan fingerprint density at radius 2 is 1.54 bits per heavy atom. The first-order valence-electron chi connectivity index (χ1n) is 9.05. The average Bonchev–Trinajstić information content (AvgIpc) is 3.05. The Kier molecular flexibility index (Phi) is 5.32. The van der Waals surface area contributed by atoms with Gasteiger partial charge >= 0.3 is 6.09 Å². The van der Waals surface area contributed by atoms with Crippen molar-refractivity contribution in [2.45, 2.75) is 5.92 Å². The molecular weight excluding hydrogens is 370 g/mol. The number of rotatable bonds is 3. The third-order valence-electron chi connectivity index (χ3n) is 4.74. The molecule has 28 heavy (non-hydrogen) atoms. The molecular formula is C24H18ClNO2. The van der Waals surface area contributed by atoms with E-state index in [9.17, 15) is 4.79 Å². The number of hydrogen-bond donors (Lipinski definition) is 1. The van der Waals surface area contributed by atoms with Gasteiger partial charge in [0.15, 0.2) is 0 Å². The average molecular weight is 388 g/mol. The van der Waals surface area contributed by atoms with Gasteiger partial charge in [0, 0.05) is 16.5 Å². The molecule has 4 heteroatoms. The van der Waals surface area contributed by atoms with Gasteiger partial charge in [-0.15, -0.1) is 0 Å². The first-order chi connectivity index (χ1) is 13.7. The van der Waals surface area contributed by atoms with E-state index in [1.165, 1.54) is 22.3 Å². The highest BCUT2D eigenvalue weighted by Crippen LogP contribution is 2.44. The maximum Gasteiger partial charge on any atom is 0.407 e. The fourth-order valence-electron chi connectivity index (χ4n) is 3.45. The number of ether oxygens (including phenoxy) is 1. The zero-order valence-electron chi connectivity index (χ0n) is 15.1. The zero-order chi connectivity index (χ0) is 19.3. The zero-order valence-corrected chi connectivity index (χ0v) is 15.9. The lowest BCUT2D eigenvalue weighted by Gasteiger charge is -2.14. The van der Waals surface area contributed by atoms with E-state index in [-0.39, 0.29) is 12.5 Å². The predicted molar refractivity (Wildman–Crippen MR) is 111 cm³/mol. The quantitative estimate of drug-likeness (QED) is 0.625. The third-order valence-corrected chi connectivity index (χ3v) is 4.99. The summed E-state index contributed by atoms with van der Waals surface area (Å²) in [6.45, 7) is 0.518. The van der Waals surface area contributed by atoms with E-state index < -0.39 is 6.09 Å². The highest BCUT2D eigenvalue weighted by Gasteiger charge is 2.28. The number of carbonyl (C=O) groups is 1. The summed E-state index contributed by atoms with van der Waals surface area (Å²) in [4.78, 5) is 12.1. The monoisotopic (exact) mass is 387 g/mol. The summed E-state index contributed by atoms with van der Waals surface area (Å²) in [5.74, 6) is 5.93. The number of fused-ring (bicyclic) bond motifs is 3. The van der Waals surface area contributed by atoms with Crippen LogP contribution in [0.1, 0.15) is 22.6 Å². The molecule has 0 saturated heterocycles. The topological polar surface area (TPSA) is 38.3 Å². The van der Waals surface area contributed by atoms with Gasteiger partial charge in [0.25, 0.3) is 0 Å². The molecule has 1 aliphatic rings. The van der Waals surface area contributed by atoms with Gasteiger partial charge in [0.05, 0.1) is 6.54 Å². The van der Waals surface area contributed by atoms with Crippen LogP contribution in [0.4, 0.5) is 4.79 Å². The van der Waals surface area contributed by atoms with Crippen molar-refractivity contribution in [3.63, 3.8) is 0 Å². The number of amides is 1. The van der Waals surface area contributed by atoms with Crippen molar-refractivity contribution in [3.8, 4) is 23.0 Å². The molecule has 0 fully saturated rings. The van der Waals surface area contributed by atoms with Crippen LogP contribution in [0.15, 0.2) is 72.8 Å². The molecule has 0 atom stereocenters. The lowest BCUT2D eigenvalue weighted by Crippen LogP contribution is -2.26. The van der Waals surface area contributed by atoms with Crippen molar-refractivity contribution < 1.29 is 9.53 Å². The van der Waals surface area contributed by atoms with E-state index in [0.29, 0.717) is 11.6 Å². The largest absolute Gasteiger partial charge is 0.449 e. The van der Waals surface area contributed by atoms with E-state index >= 15 is 0 Å². The molecule has 0 unspecified atom stereocenters. The van der Waals surface area contributed by atoms with Gasteiger partial charge in [-0.25, -0.2) is 4.79 Å². The molecule has 138 valence electrons. The summed E-state index contributed by atoms with van der Waals surface area (Å²) in [5.41, 5.74) is 5.65. The minimum atomic E-state index is -0.465. The molecule has 1 N–H and O–H groups in total. The summed E-state index contributed by atoms with van der Waals surface area (Å²) in [7, 11) is 0. The normalized spacial score (nSPS) is 11.8. The van der Waals surface area contributed by atoms with Crippen LogP contribution < -0.4 is 5.32 Å². The Labute approximate surface area is 169 Å². The second kappa shape index (κ2) is 8.21. The van der Waals surface area contributed by atoms with Gasteiger partial charge in [-0.1, -0.05) is 72.0 Å². The van der Waals surface area contributed by atoms with Crippen LogP contribution in [0.2, 0.25) is 5.02 Å². The van der Waals surface area contributed by atoms with Crippen molar-refractivity contribution in [1.82, 2.24) is 5.32 Å². The standard InChI is InChI=1S/C24H18ClNO2/c25-18-13-11-17(12-14-18)6-5-15-26-24(27)28-16-23-21-9-3-1-7-19(21)20-8-2-4-10-22(20)23/h1-4,7-14,23H,15-16H2,(H,26,27). The fraction of sp³-hybridized carbons (Fsp3) is 0.125. The van der Waals surface area contributed by atoms with E-state index in [2.05, 4.69) is 41.4 Å². The van der Waals surface area contributed by atoms with Crippen molar-refractivity contribution in [2.75, 3.05) is 13.2 Å². The van der Waals surface area contributed by atoms with E-state index in [1.807, 2.05) is 36.4 Å². The van der Waals surface area contributed by atoms with Crippen LogP contribution in [-0.4, -0.2) is 19.2 Å². The van der Waals surface area contributed by atoms with Crippen molar-refractivity contribution in [1.29, 1.82) is 0 Å². The number of benzene rings is 3. The maximum absolute atomic E-state index is 12.1. The molecule has 0 bridgehead atoms. The Hall–Kier alpha value is -3.22. The smallest absolute Gasteiger partial charge is 0.407 e. The van der Waals surface area contributed by atoms with E-state index in [4.69, 9.17) is 16.3 Å². The molecule has 0 spiro atoms. The summed E-state index contributed by atoms with van der Waals surface area (Å²) < 4.78 is 5.47. The first-order valence-corrected chi connectivity index (χ1v) is 9.43. The molecule has 0 saturated carbocycles. The highest BCUT2D eigenvalue weighted by molar-refractivity contribution is 6.30. The van der Waals surface area contributed by atoms with Gasteiger partial charge in [0.1, 0.15) is 6.61 Å². The second-order valence-electron chi connectivity index (χ2n) is 6.49. The third kappa shape index (κ3) is 3.88. The molecule has 0 aromatic heterocycles. The summed E-state index contributed by atoms with van der Waals surface area (Å²) in [6.07, 6.45) is -0.465. The highest BCUT2D eigenvalue weighted by atomic mass is 35.5. The fourth-order valence-corrected chi connectivity index (χ4v) is 3.57. The number of halogens is 1. The second-order valence-corrected chi connectivity index (χ2v) is 6.92. The molecule has 3 nitrogen and oxygen atoms in total. The van der Waals surface area contributed by atoms with Crippen LogP contribution in [0.25, 0.3) is 11.1 Å². The minimum absolute atomic E-state index is 0.0540. The van der Waals surface area contributed by atoms with E-state index in [1.54, 1.807) is 12.1 Å². The molecule has 3 aromatic rings. The van der Waals surface area contributed by atoms with Crippen molar-refractivity contribution >= 4 is 17.7 Å².